The molecule has 1 heterocycles. The van der Waals surface area contributed by atoms with E-state index in [1.807, 2.05) is 41.9 Å². The van der Waals surface area contributed by atoms with Gasteiger partial charge in [0.1, 0.15) is 12.4 Å². The van der Waals surface area contributed by atoms with Gasteiger partial charge in [-0.3, -0.25) is 9.67 Å². The minimum Gasteiger partial charge on any atom is -0.489 e. The van der Waals surface area contributed by atoms with E-state index in [9.17, 15) is 0 Å². The van der Waals surface area contributed by atoms with Gasteiger partial charge >= 0.3 is 0 Å². The fraction of sp³-hybridized carbons (Fsp3) is 0.333. The maximum absolute atomic E-state index is 5.92. The third-order valence-corrected chi connectivity index (χ3v) is 4.77. The third kappa shape index (κ3) is 8.24. The zero-order chi connectivity index (χ0) is 21.2. The van der Waals surface area contributed by atoms with E-state index in [1.54, 1.807) is 7.05 Å². The molecule has 0 radical (unpaired) electrons. The maximum atomic E-state index is 5.92. The normalized spacial score (nSPS) is 11.0. The fourth-order valence-electron chi connectivity index (χ4n) is 3.23. The summed E-state index contributed by atoms with van der Waals surface area (Å²) >= 11 is 0. The average Bonchev–Trinajstić information content (AvgIpc) is 3.09. The van der Waals surface area contributed by atoms with Gasteiger partial charge in [0.05, 0.1) is 5.69 Å². The van der Waals surface area contributed by atoms with Crippen molar-refractivity contribution in [1.29, 1.82) is 0 Å². The predicted octanol–water partition coefficient (Wildman–Crippen LogP) is 4.45. The lowest BCUT2D eigenvalue weighted by Gasteiger charge is -2.13. The molecule has 2 aromatic carbocycles. The Morgan fingerprint density at radius 2 is 1.77 bits per heavy atom. The molecule has 6 nitrogen and oxygen atoms in total. The van der Waals surface area contributed by atoms with Gasteiger partial charge in [-0.15, -0.1) is 24.0 Å². The zero-order valence-corrected chi connectivity index (χ0v) is 20.8. The number of nitrogens with zero attached hydrogens (tertiary/aromatic N) is 3. The smallest absolute Gasteiger partial charge is 0.191 e. The number of nitrogens with one attached hydrogen (secondary N) is 2. The number of benzene rings is 2. The second kappa shape index (κ2) is 13.0. The van der Waals surface area contributed by atoms with Gasteiger partial charge in [-0.1, -0.05) is 42.5 Å². The molecular formula is C24H32IN5O. The van der Waals surface area contributed by atoms with Crippen LogP contribution >= 0.6 is 24.0 Å². The molecule has 7 heteroatoms. The van der Waals surface area contributed by atoms with Crippen LogP contribution in [-0.2, 0) is 19.7 Å². The van der Waals surface area contributed by atoms with Crippen molar-refractivity contribution in [2.75, 3.05) is 13.6 Å². The minimum absolute atomic E-state index is 0. The number of guanidine groups is 1. The molecule has 0 spiro atoms. The third-order valence-electron chi connectivity index (χ3n) is 4.77. The van der Waals surface area contributed by atoms with Crippen LogP contribution in [0.2, 0.25) is 0 Å². The Hall–Kier alpha value is -2.55. The monoisotopic (exact) mass is 533 g/mol. The van der Waals surface area contributed by atoms with E-state index in [0.29, 0.717) is 13.2 Å². The molecule has 0 saturated heterocycles. The van der Waals surface area contributed by atoms with Crippen LogP contribution in [0.15, 0.2) is 65.7 Å². The Bertz CT molecular complexity index is 956. The van der Waals surface area contributed by atoms with Gasteiger partial charge in [0.25, 0.3) is 0 Å². The molecule has 0 aliphatic carbocycles. The fourth-order valence-corrected chi connectivity index (χ4v) is 3.23. The Labute approximate surface area is 202 Å². The van der Waals surface area contributed by atoms with Gasteiger partial charge in [0.15, 0.2) is 5.96 Å². The lowest BCUT2D eigenvalue weighted by molar-refractivity contribution is 0.306. The van der Waals surface area contributed by atoms with E-state index in [-0.39, 0.29) is 24.0 Å². The highest BCUT2D eigenvalue weighted by Gasteiger charge is 2.03. The van der Waals surface area contributed by atoms with Gasteiger partial charge in [0, 0.05) is 32.4 Å². The summed E-state index contributed by atoms with van der Waals surface area (Å²) in [5, 5.41) is 11.2. The molecule has 0 unspecified atom stereocenters. The molecule has 0 fully saturated rings. The van der Waals surface area contributed by atoms with Crippen LogP contribution in [-0.4, -0.2) is 29.3 Å². The minimum atomic E-state index is 0. The topological polar surface area (TPSA) is 63.5 Å². The van der Waals surface area contributed by atoms with Crippen molar-refractivity contribution in [3.05, 3.63) is 83.2 Å². The van der Waals surface area contributed by atoms with Crippen LogP contribution < -0.4 is 15.4 Å². The highest BCUT2D eigenvalue weighted by molar-refractivity contribution is 14.0. The summed E-state index contributed by atoms with van der Waals surface area (Å²) in [6.07, 6.45) is 0.978. The van der Waals surface area contributed by atoms with Crippen LogP contribution in [0.25, 0.3) is 0 Å². The van der Waals surface area contributed by atoms with Crippen LogP contribution in [0.4, 0.5) is 0 Å². The highest BCUT2D eigenvalue weighted by atomic mass is 127. The quantitative estimate of drug-likeness (QED) is 0.185. The van der Waals surface area contributed by atoms with Gasteiger partial charge in [-0.25, -0.2) is 0 Å². The number of aliphatic imine (C=N–C) groups is 1. The molecule has 0 bridgehead atoms. The molecule has 2 N–H and O–H groups in total. The van der Waals surface area contributed by atoms with E-state index in [2.05, 4.69) is 58.0 Å². The lowest BCUT2D eigenvalue weighted by Crippen LogP contribution is -2.37. The Morgan fingerprint density at radius 3 is 2.48 bits per heavy atom. The predicted molar refractivity (Wildman–Crippen MR) is 137 cm³/mol. The van der Waals surface area contributed by atoms with Gasteiger partial charge in [-0.05, 0) is 49.6 Å². The van der Waals surface area contributed by atoms with E-state index in [4.69, 9.17) is 4.74 Å². The highest BCUT2D eigenvalue weighted by Crippen LogP contribution is 2.15. The van der Waals surface area contributed by atoms with Gasteiger partial charge in [0.2, 0.25) is 0 Å². The first kappa shape index (κ1) is 24.7. The zero-order valence-electron chi connectivity index (χ0n) is 18.5. The van der Waals surface area contributed by atoms with E-state index >= 15 is 0 Å². The summed E-state index contributed by atoms with van der Waals surface area (Å²) in [4.78, 5) is 4.31. The average molecular weight is 533 g/mol. The standard InChI is InChI=1S/C24H31N5O.HI/c1-19-15-20(2)29(28-19)14-8-13-26-24(25-3)27-17-22-11-7-12-23(16-22)30-18-21-9-5-4-6-10-21;/h4-7,9-12,15-16H,8,13-14,17-18H2,1-3H3,(H2,25,26,27);1H. The second-order valence-corrected chi connectivity index (χ2v) is 7.28. The number of aromatic nitrogens is 2. The molecule has 1 aromatic heterocycles. The lowest BCUT2D eigenvalue weighted by atomic mass is 10.2. The van der Waals surface area contributed by atoms with Crippen molar-refractivity contribution in [3.8, 4) is 5.75 Å². The molecular weight excluding hydrogens is 501 g/mol. The summed E-state index contributed by atoms with van der Waals surface area (Å²) < 4.78 is 7.97. The van der Waals surface area contributed by atoms with Crippen molar-refractivity contribution in [3.63, 3.8) is 0 Å². The molecule has 3 rings (SSSR count). The van der Waals surface area contributed by atoms with Gasteiger partial charge in [-0.2, -0.15) is 5.10 Å². The SMILES string of the molecule is CN=C(NCCCn1nc(C)cc1C)NCc1cccc(OCc2ccccc2)c1.I. The number of aryl methyl sites for hydroxylation is 3. The van der Waals surface area contributed by atoms with Crippen LogP contribution in [0.1, 0.15) is 28.9 Å². The largest absolute Gasteiger partial charge is 0.489 e. The molecule has 0 saturated carbocycles. The Kier molecular flexibility index (Phi) is 10.4. The number of hydrogen-bond acceptors (Lipinski definition) is 3. The molecule has 0 amide bonds. The van der Waals surface area contributed by atoms with Crippen LogP contribution in [0, 0.1) is 13.8 Å². The van der Waals surface area contributed by atoms with Crippen molar-refractivity contribution in [2.24, 2.45) is 4.99 Å². The van der Waals surface area contributed by atoms with Crippen molar-refractivity contribution >= 4 is 29.9 Å². The van der Waals surface area contributed by atoms with E-state index < -0.39 is 0 Å². The van der Waals surface area contributed by atoms with Crippen LogP contribution in [0.5, 0.6) is 5.75 Å². The van der Waals surface area contributed by atoms with Gasteiger partial charge < -0.3 is 15.4 Å². The van der Waals surface area contributed by atoms with E-state index in [0.717, 1.165) is 48.0 Å². The number of rotatable bonds is 9. The summed E-state index contributed by atoms with van der Waals surface area (Å²) in [6.45, 7) is 7.08. The molecule has 166 valence electrons. The number of ether oxygens (including phenoxy) is 1. The summed E-state index contributed by atoms with van der Waals surface area (Å²) in [5.74, 6) is 1.66. The first-order valence-corrected chi connectivity index (χ1v) is 10.4. The Balaban J connectivity index is 0.00000341. The molecule has 0 aliphatic rings. The molecule has 3 aromatic rings. The number of hydrogen-bond donors (Lipinski definition) is 2. The second-order valence-electron chi connectivity index (χ2n) is 7.28. The summed E-state index contributed by atoms with van der Waals surface area (Å²) in [5.41, 5.74) is 4.56. The van der Waals surface area contributed by atoms with Crippen molar-refractivity contribution in [2.45, 2.75) is 40.0 Å². The Morgan fingerprint density at radius 1 is 1.00 bits per heavy atom. The van der Waals surface area contributed by atoms with Crippen molar-refractivity contribution in [1.82, 2.24) is 20.4 Å². The summed E-state index contributed by atoms with van der Waals surface area (Å²) in [7, 11) is 1.79. The van der Waals surface area contributed by atoms with Crippen molar-refractivity contribution < 1.29 is 4.74 Å². The van der Waals surface area contributed by atoms with Crippen LogP contribution in [0.3, 0.4) is 0 Å². The molecule has 0 aliphatic heterocycles. The van der Waals surface area contributed by atoms with E-state index in [1.165, 1.54) is 5.69 Å². The first-order chi connectivity index (χ1) is 14.6. The molecule has 0 atom stereocenters. The first-order valence-electron chi connectivity index (χ1n) is 10.4. The molecule has 31 heavy (non-hydrogen) atoms. The number of halogens is 1. The summed E-state index contributed by atoms with van der Waals surface area (Å²) in [6, 6.07) is 20.4. The maximum Gasteiger partial charge on any atom is 0.191 e.